The fourth-order valence-corrected chi connectivity index (χ4v) is 5.00. The fraction of sp³-hybridized carbons (Fsp3) is 0.269. The lowest BCUT2D eigenvalue weighted by Crippen LogP contribution is -2.18. The molecule has 3 aromatic rings. The molecule has 3 aromatic carbocycles. The molecule has 2 N–H and O–H groups in total. The number of nitrogens with one attached hydrogen (secondary N) is 2. The minimum atomic E-state index is -3.87. The van der Waals surface area contributed by atoms with Crippen LogP contribution in [0.1, 0.15) is 57.9 Å². The average molecular weight is 451 g/mol. The van der Waals surface area contributed by atoms with Crippen molar-refractivity contribution in [3.8, 4) is 0 Å². The van der Waals surface area contributed by atoms with E-state index in [2.05, 4.69) is 23.9 Å². The first kappa shape index (κ1) is 23.5. The number of aryl methyl sites for hydroxylation is 4. The highest BCUT2D eigenvalue weighted by molar-refractivity contribution is 7.92. The van der Waals surface area contributed by atoms with E-state index in [1.54, 1.807) is 25.1 Å². The smallest absolute Gasteiger partial charge is 0.262 e. The maximum absolute atomic E-state index is 13.2. The largest absolute Gasteiger partial charge is 0.321 e. The summed E-state index contributed by atoms with van der Waals surface area (Å²) in [6.45, 7) is 11.6. The van der Waals surface area contributed by atoms with Gasteiger partial charge in [-0.15, -0.1) is 0 Å². The first-order chi connectivity index (χ1) is 15.0. The molecule has 0 fully saturated rings. The number of anilines is 2. The summed E-state index contributed by atoms with van der Waals surface area (Å²) >= 11 is 0. The van der Waals surface area contributed by atoms with Gasteiger partial charge in [-0.1, -0.05) is 50.2 Å². The van der Waals surface area contributed by atoms with Crippen LogP contribution in [0.5, 0.6) is 0 Å². The van der Waals surface area contributed by atoms with Crippen molar-refractivity contribution in [2.45, 2.75) is 52.4 Å². The van der Waals surface area contributed by atoms with Crippen LogP contribution in [-0.2, 0) is 10.0 Å². The lowest BCUT2D eigenvalue weighted by Gasteiger charge is -2.17. The highest BCUT2D eigenvalue weighted by atomic mass is 32.2. The molecule has 0 bridgehead atoms. The van der Waals surface area contributed by atoms with Gasteiger partial charge in [0.1, 0.15) is 0 Å². The van der Waals surface area contributed by atoms with Crippen molar-refractivity contribution in [3.05, 3.63) is 88.0 Å². The zero-order valence-electron chi connectivity index (χ0n) is 19.4. The zero-order valence-corrected chi connectivity index (χ0v) is 20.2. The van der Waals surface area contributed by atoms with Crippen molar-refractivity contribution in [2.24, 2.45) is 0 Å². The van der Waals surface area contributed by atoms with Gasteiger partial charge in [0, 0.05) is 11.3 Å². The van der Waals surface area contributed by atoms with Gasteiger partial charge < -0.3 is 5.32 Å². The summed E-state index contributed by atoms with van der Waals surface area (Å²) in [5.74, 6) is -0.106. The van der Waals surface area contributed by atoms with Crippen LogP contribution < -0.4 is 10.0 Å². The summed E-state index contributed by atoms with van der Waals surface area (Å²) in [5, 5.41) is 2.99. The lowest BCUT2D eigenvalue weighted by molar-refractivity contribution is 0.102. The second kappa shape index (κ2) is 9.17. The van der Waals surface area contributed by atoms with E-state index in [4.69, 9.17) is 0 Å². The molecule has 0 saturated carbocycles. The van der Waals surface area contributed by atoms with Crippen LogP contribution >= 0.6 is 0 Å². The number of benzene rings is 3. The van der Waals surface area contributed by atoms with Gasteiger partial charge in [0.2, 0.25) is 0 Å². The number of hydrogen-bond donors (Lipinski definition) is 2. The van der Waals surface area contributed by atoms with Crippen LogP contribution in [0, 0.1) is 27.7 Å². The summed E-state index contributed by atoms with van der Waals surface area (Å²) in [6, 6.07) is 16.3. The molecule has 0 atom stereocenters. The number of sulfonamides is 1. The van der Waals surface area contributed by atoms with E-state index in [-0.39, 0.29) is 22.3 Å². The molecule has 0 aliphatic carbocycles. The molecule has 168 valence electrons. The molecule has 0 spiro atoms. The Labute approximate surface area is 190 Å². The Morgan fingerprint density at radius 2 is 1.53 bits per heavy atom. The van der Waals surface area contributed by atoms with Gasteiger partial charge in [-0.2, -0.15) is 0 Å². The van der Waals surface area contributed by atoms with Crippen molar-refractivity contribution in [2.75, 3.05) is 10.0 Å². The van der Waals surface area contributed by atoms with Crippen molar-refractivity contribution < 1.29 is 13.2 Å². The van der Waals surface area contributed by atoms with Crippen LogP contribution in [0.2, 0.25) is 0 Å². The van der Waals surface area contributed by atoms with Gasteiger partial charge in [0.25, 0.3) is 15.9 Å². The lowest BCUT2D eigenvalue weighted by atomic mass is 9.98. The summed E-state index contributed by atoms with van der Waals surface area (Å²) in [7, 11) is -3.87. The van der Waals surface area contributed by atoms with Crippen LogP contribution in [0.25, 0.3) is 0 Å². The third-order valence-electron chi connectivity index (χ3n) is 5.54. The van der Waals surface area contributed by atoms with Crippen molar-refractivity contribution in [3.63, 3.8) is 0 Å². The van der Waals surface area contributed by atoms with Gasteiger partial charge >= 0.3 is 0 Å². The van der Waals surface area contributed by atoms with E-state index >= 15 is 0 Å². The highest BCUT2D eigenvalue weighted by Gasteiger charge is 2.21. The second-order valence-corrected chi connectivity index (χ2v) is 10.2. The van der Waals surface area contributed by atoms with Gasteiger partial charge in [-0.3, -0.25) is 9.52 Å². The standard InChI is InChI=1S/C26H30N2O3S/c1-16(2)22-9-7-8-20(6)25(22)27-26(29)21-13-12-19(5)24(15-21)32(30,31)28-23-14-17(3)10-11-18(23)4/h7-16,28H,1-6H3,(H,27,29). The van der Waals surface area contributed by atoms with E-state index < -0.39 is 10.0 Å². The molecule has 0 radical (unpaired) electrons. The Hall–Kier alpha value is -3.12. The third-order valence-corrected chi connectivity index (χ3v) is 7.05. The molecular weight excluding hydrogens is 420 g/mol. The molecule has 1 amide bonds. The fourth-order valence-electron chi connectivity index (χ4n) is 3.60. The first-order valence-corrected chi connectivity index (χ1v) is 12.1. The molecule has 32 heavy (non-hydrogen) atoms. The predicted octanol–water partition coefficient (Wildman–Crippen LogP) is 6.10. The van der Waals surface area contributed by atoms with Crippen LogP contribution in [-0.4, -0.2) is 14.3 Å². The van der Waals surface area contributed by atoms with Crippen molar-refractivity contribution in [1.29, 1.82) is 0 Å². The van der Waals surface area contributed by atoms with E-state index in [0.29, 0.717) is 11.3 Å². The molecule has 0 aromatic heterocycles. The second-order valence-electron chi connectivity index (χ2n) is 8.55. The quantitative estimate of drug-likeness (QED) is 0.477. The van der Waals surface area contributed by atoms with Gasteiger partial charge in [0.05, 0.1) is 10.6 Å². The number of rotatable bonds is 6. The minimum absolute atomic E-state index is 0.0833. The van der Waals surface area contributed by atoms with Crippen molar-refractivity contribution in [1.82, 2.24) is 0 Å². The van der Waals surface area contributed by atoms with E-state index in [1.165, 1.54) is 6.07 Å². The number of amides is 1. The Kier molecular flexibility index (Phi) is 6.74. The molecule has 5 nitrogen and oxygen atoms in total. The Morgan fingerprint density at radius 3 is 2.22 bits per heavy atom. The molecule has 3 rings (SSSR count). The number of hydrogen-bond acceptors (Lipinski definition) is 3. The maximum Gasteiger partial charge on any atom is 0.262 e. The average Bonchev–Trinajstić information content (AvgIpc) is 2.72. The Morgan fingerprint density at radius 1 is 0.844 bits per heavy atom. The van der Waals surface area contributed by atoms with Crippen LogP contribution in [0.3, 0.4) is 0 Å². The number of carbonyl (C=O) groups excluding carboxylic acids is 1. The highest BCUT2D eigenvalue weighted by Crippen LogP contribution is 2.29. The summed E-state index contributed by atoms with van der Waals surface area (Å²) < 4.78 is 29.0. The molecular formula is C26H30N2O3S. The van der Waals surface area contributed by atoms with E-state index in [0.717, 1.165) is 27.9 Å². The van der Waals surface area contributed by atoms with Gasteiger partial charge in [-0.05, 0) is 79.6 Å². The third kappa shape index (κ3) is 5.02. The molecule has 0 unspecified atom stereocenters. The Bertz CT molecular complexity index is 1280. The maximum atomic E-state index is 13.2. The first-order valence-electron chi connectivity index (χ1n) is 10.6. The van der Waals surface area contributed by atoms with Gasteiger partial charge in [0.15, 0.2) is 0 Å². The number of carbonyl (C=O) groups is 1. The SMILES string of the molecule is Cc1ccc(C)c(NS(=O)(=O)c2cc(C(=O)Nc3c(C)cccc3C(C)C)ccc2C)c1. The minimum Gasteiger partial charge on any atom is -0.321 e. The summed E-state index contributed by atoms with van der Waals surface area (Å²) in [5.41, 5.74) is 5.93. The number of para-hydroxylation sites is 1. The van der Waals surface area contributed by atoms with Crippen LogP contribution in [0.15, 0.2) is 59.5 Å². The predicted molar refractivity (Wildman–Crippen MR) is 131 cm³/mol. The monoisotopic (exact) mass is 450 g/mol. The molecule has 6 heteroatoms. The van der Waals surface area contributed by atoms with Crippen molar-refractivity contribution >= 4 is 27.3 Å². The molecule has 0 saturated heterocycles. The molecule has 0 heterocycles. The summed E-state index contributed by atoms with van der Waals surface area (Å²) in [4.78, 5) is 13.1. The van der Waals surface area contributed by atoms with E-state index in [9.17, 15) is 13.2 Å². The van der Waals surface area contributed by atoms with E-state index in [1.807, 2.05) is 51.1 Å². The zero-order chi connectivity index (χ0) is 23.6. The Balaban J connectivity index is 1.95. The normalized spacial score (nSPS) is 11.5. The van der Waals surface area contributed by atoms with Gasteiger partial charge in [-0.25, -0.2) is 8.42 Å². The summed E-state index contributed by atoms with van der Waals surface area (Å²) in [6.07, 6.45) is 0. The van der Waals surface area contributed by atoms with Crippen LogP contribution in [0.4, 0.5) is 11.4 Å². The topological polar surface area (TPSA) is 75.3 Å². The molecule has 0 aliphatic rings. The molecule has 0 aliphatic heterocycles.